The molecule has 21 heavy (non-hydrogen) atoms. The molecule has 0 radical (unpaired) electrons. The number of ether oxygens (including phenoxy) is 1. The Bertz CT molecular complexity index is 614. The summed E-state index contributed by atoms with van der Waals surface area (Å²) < 4.78 is 31.7. The van der Waals surface area contributed by atoms with E-state index in [0.29, 0.717) is 5.56 Å². The second kappa shape index (κ2) is 6.83. The van der Waals surface area contributed by atoms with Gasteiger partial charge in [-0.3, -0.25) is 0 Å². The van der Waals surface area contributed by atoms with Crippen molar-refractivity contribution in [3.63, 3.8) is 0 Å². The largest absolute Gasteiger partial charge is 0.464 e. The predicted octanol–water partition coefficient (Wildman–Crippen LogP) is 3.68. The van der Waals surface area contributed by atoms with Gasteiger partial charge in [0.2, 0.25) is 0 Å². The third-order valence-electron chi connectivity index (χ3n) is 2.90. The van der Waals surface area contributed by atoms with Crippen molar-refractivity contribution in [1.82, 2.24) is 0 Å². The van der Waals surface area contributed by atoms with E-state index in [9.17, 15) is 13.6 Å². The molecule has 0 spiro atoms. The van der Waals surface area contributed by atoms with Gasteiger partial charge in [0.25, 0.3) is 0 Å². The zero-order valence-electron chi connectivity index (χ0n) is 11.5. The van der Waals surface area contributed by atoms with E-state index in [1.165, 1.54) is 36.4 Å². The number of carbonyl (C=O) groups excluding carboxylic acids is 1. The molecule has 2 aromatic carbocycles. The van der Waals surface area contributed by atoms with Crippen molar-refractivity contribution in [3.8, 4) is 0 Å². The van der Waals surface area contributed by atoms with Crippen molar-refractivity contribution in [1.29, 1.82) is 0 Å². The Morgan fingerprint density at radius 2 is 1.81 bits per heavy atom. The summed E-state index contributed by atoms with van der Waals surface area (Å²) in [6, 6.07) is 10.5. The number of hydrogen-bond acceptors (Lipinski definition) is 3. The van der Waals surface area contributed by atoms with E-state index in [2.05, 4.69) is 5.32 Å². The van der Waals surface area contributed by atoms with Crippen LogP contribution in [-0.4, -0.2) is 12.6 Å². The van der Waals surface area contributed by atoms with Gasteiger partial charge in [0.1, 0.15) is 11.6 Å². The number of anilines is 1. The molecule has 0 aliphatic heterocycles. The molecule has 0 saturated carbocycles. The van der Waals surface area contributed by atoms with Gasteiger partial charge < -0.3 is 10.1 Å². The number of para-hydroxylation sites is 1. The van der Waals surface area contributed by atoms with E-state index in [1.807, 2.05) is 0 Å². The summed E-state index contributed by atoms with van der Waals surface area (Å²) in [4.78, 5) is 12.0. The second-order valence-corrected chi connectivity index (χ2v) is 4.36. The van der Waals surface area contributed by atoms with Gasteiger partial charge in [0, 0.05) is 0 Å². The van der Waals surface area contributed by atoms with E-state index < -0.39 is 23.6 Å². The average molecular weight is 291 g/mol. The summed E-state index contributed by atoms with van der Waals surface area (Å²) in [7, 11) is 0. The average Bonchev–Trinajstić information content (AvgIpc) is 2.48. The Morgan fingerprint density at radius 1 is 1.14 bits per heavy atom. The minimum absolute atomic E-state index is 0.180. The third kappa shape index (κ3) is 3.78. The van der Waals surface area contributed by atoms with Gasteiger partial charge >= 0.3 is 5.97 Å². The Balaban J connectivity index is 2.30. The molecule has 0 heterocycles. The molecule has 1 atom stereocenters. The summed E-state index contributed by atoms with van der Waals surface area (Å²) in [5.74, 6) is -1.44. The first-order valence-corrected chi connectivity index (χ1v) is 6.55. The number of nitrogens with one attached hydrogen (secondary N) is 1. The maximum Gasteiger partial charge on any atom is 0.333 e. The fourth-order valence-corrected chi connectivity index (χ4v) is 1.89. The van der Waals surface area contributed by atoms with Crippen LogP contribution in [0.2, 0.25) is 0 Å². The lowest BCUT2D eigenvalue weighted by Crippen LogP contribution is -2.23. The molecule has 2 aromatic rings. The molecule has 0 fully saturated rings. The summed E-state index contributed by atoms with van der Waals surface area (Å²) in [5.41, 5.74) is 0.679. The molecule has 110 valence electrons. The lowest BCUT2D eigenvalue weighted by Gasteiger charge is -2.19. The Morgan fingerprint density at radius 3 is 2.43 bits per heavy atom. The van der Waals surface area contributed by atoms with Gasteiger partial charge in [-0.2, -0.15) is 0 Å². The molecular formula is C16H15F2NO2. The van der Waals surface area contributed by atoms with Crippen LogP contribution in [0.15, 0.2) is 48.5 Å². The fraction of sp³-hybridized carbons (Fsp3) is 0.188. The first-order chi connectivity index (χ1) is 10.1. The first-order valence-electron chi connectivity index (χ1n) is 6.55. The second-order valence-electron chi connectivity index (χ2n) is 4.36. The summed E-state index contributed by atoms with van der Waals surface area (Å²) >= 11 is 0. The van der Waals surface area contributed by atoms with Crippen LogP contribution < -0.4 is 5.32 Å². The smallest absolute Gasteiger partial charge is 0.333 e. The van der Waals surface area contributed by atoms with Gasteiger partial charge in [-0.1, -0.05) is 24.3 Å². The predicted molar refractivity (Wildman–Crippen MR) is 75.8 cm³/mol. The fourth-order valence-electron chi connectivity index (χ4n) is 1.89. The van der Waals surface area contributed by atoms with Crippen molar-refractivity contribution < 1.29 is 18.3 Å². The maximum absolute atomic E-state index is 13.7. The molecule has 0 aliphatic rings. The topological polar surface area (TPSA) is 38.3 Å². The molecule has 0 saturated heterocycles. The van der Waals surface area contributed by atoms with Crippen LogP contribution in [-0.2, 0) is 9.53 Å². The van der Waals surface area contributed by atoms with Crippen molar-refractivity contribution in [2.24, 2.45) is 0 Å². The van der Waals surface area contributed by atoms with Crippen molar-refractivity contribution >= 4 is 11.7 Å². The molecule has 1 N–H and O–H groups in total. The van der Waals surface area contributed by atoms with Crippen LogP contribution in [0.1, 0.15) is 18.5 Å². The SMILES string of the molecule is CCOC(=O)C(Nc1ccccc1F)c1ccc(F)cc1. The van der Waals surface area contributed by atoms with Crippen LogP contribution in [0.25, 0.3) is 0 Å². The highest BCUT2D eigenvalue weighted by Crippen LogP contribution is 2.23. The van der Waals surface area contributed by atoms with Gasteiger partial charge in [0.15, 0.2) is 6.04 Å². The third-order valence-corrected chi connectivity index (χ3v) is 2.90. The first kappa shape index (κ1) is 15.0. The number of benzene rings is 2. The molecule has 5 heteroatoms. The van der Waals surface area contributed by atoms with Crippen LogP contribution in [0.4, 0.5) is 14.5 Å². The molecular weight excluding hydrogens is 276 g/mol. The number of halogens is 2. The summed E-state index contributed by atoms with van der Waals surface area (Å²) in [6.07, 6.45) is 0. The summed E-state index contributed by atoms with van der Waals surface area (Å²) in [5, 5.41) is 2.80. The van der Waals surface area contributed by atoms with E-state index in [-0.39, 0.29) is 12.3 Å². The monoisotopic (exact) mass is 291 g/mol. The van der Waals surface area contributed by atoms with E-state index in [0.717, 1.165) is 0 Å². The molecule has 1 unspecified atom stereocenters. The van der Waals surface area contributed by atoms with Gasteiger partial charge in [-0.15, -0.1) is 0 Å². The number of hydrogen-bond donors (Lipinski definition) is 1. The number of esters is 1. The van der Waals surface area contributed by atoms with E-state index in [1.54, 1.807) is 19.1 Å². The number of carbonyl (C=O) groups is 1. The minimum Gasteiger partial charge on any atom is -0.464 e. The quantitative estimate of drug-likeness (QED) is 0.854. The van der Waals surface area contributed by atoms with Crippen LogP contribution in [0, 0.1) is 11.6 Å². The van der Waals surface area contributed by atoms with Crippen molar-refractivity contribution in [2.45, 2.75) is 13.0 Å². The normalized spacial score (nSPS) is 11.8. The summed E-state index contributed by atoms with van der Waals surface area (Å²) in [6.45, 7) is 1.89. The molecule has 0 bridgehead atoms. The molecule has 2 rings (SSSR count). The Kier molecular flexibility index (Phi) is 4.87. The zero-order valence-corrected chi connectivity index (χ0v) is 11.5. The van der Waals surface area contributed by atoms with E-state index >= 15 is 0 Å². The Hall–Kier alpha value is -2.43. The number of rotatable bonds is 5. The maximum atomic E-state index is 13.7. The highest BCUT2D eigenvalue weighted by molar-refractivity contribution is 5.81. The minimum atomic E-state index is -0.901. The van der Waals surface area contributed by atoms with Gasteiger partial charge in [0.05, 0.1) is 12.3 Å². The van der Waals surface area contributed by atoms with Crippen LogP contribution >= 0.6 is 0 Å². The molecule has 0 amide bonds. The van der Waals surface area contributed by atoms with Crippen molar-refractivity contribution in [3.05, 3.63) is 65.7 Å². The molecule has 0 aromatic heterocycles. The standard InChI is InChI=1S/C16H15F2NO2/c1-2-21-16(20)15(11-7-9-12(17)10-8-11)19-14-6-4-3-5-13(14)18/h3-10,15,19H,2H2,1H3. The lowest BCUT2D eigenvalue weighted by atomic mass is 10.1. The van der Waals surface area contributed by atoms with Crippen LogP contribution in [0.5, 0.6) is 0 Å². The molecule has 0 aliphatic carbocycles. The van der Waals surface area contributed by atoms with Crippen LogP contribution in [0.3, 0.4) is 0 Å². The van der Waals surface area contributed by atoms with Crippen molar-refractivity contribution in [2.75, 3.05) is 11.9 Å². The van der Waals surface area contributed by atoms with Gasteiger partial charge in [-0.25, -0.2) is 13.6 Å². The zero-order chi connectivity index (χ0) is 15.2. The highest BCUT2D eigenvalue weighted by atomic mass is 19.1. The Labute approximate surface area is 121 Å². The lowest BCUT2D eigenvalue weighted by molar-refractivity contribution is -0.144. The van der Waals surface area contributed by atoms with E-state index in [4.69, 9.17) is 4.74 Å². The highest BCUT2D eigenvalue weighted by Gasteiger charge is 2.22. The molecule has 3 nitrogen and oxygen atoms in total. The van der Waals surface area contributed by atoms with Gasteiger partial charge in [-0.05, 0) is 36.8 Å².